The molecule has 1 aromatic rings. The Balaban J connectivity index is 2.21. The van der Waals surface area contributed by atoms with E-state index in [-0.39, 0.29) is 5.91 Å². The molecular formula is C15H22ClN3O. The highest BCUT2D eigenvalue weighted by molar-refractivity contribution is 6.33. The molecule has 1 aromatic heterocycles. The van der Waals surface area contributed by atoms with Crippen molar-refractivity contribution in [2.45, 2.75) is 38.6 Å². The molecule has 2 rings (SSSR count). The molecule has 110 valence electrons. The van der Waals surface area contributed by atoms with E-state index in [1.807, 2.05) is 11.9 Å². The molecule has 1 N–H and O–H groups in total. The van der Waals surface area contributed by atoms with Gasteiger partial charge < -0.3 is 10.2 Å². The first-order valence-corrected chi connectivity index (χ1v) is 7.53. The largest absolute Gasteiger partial charge is 0.373 e. The third-order valence-electron chi connectivity index (χ3n) is 4.23. The summed E-state index contributed by atoms with van der Waals surface area (Å²) in [5.41, 5.74) is 0.520. The molecule has 1 aliphatic carbocycles. The summed E-state index contributed by atoms with van der Waals surface area (Å²) in [4.78, 5) is 18.6. The van der Waals surface area contributed by atoms with Gasteiger partial charge in [0, 0.05) is 26.3 Å². The molecular weight excluding hydrogens is 274 g/mol. The minimum absolute atomic E-state index is 0.0207. The van der Waals surface area contributed by atoms with Gasteiger partial charge in [-0.2, -0.15) is 0 Å². The maximum absolute atomic E-state index is 12.7. The number of carbonyl (C=O) groups is 1. The number of anilines is 1. The van der Waals surface area contributed by atoms with Crippen molar-refractivity contribution in [3.05, 3.63) is 22.8 Å². The van der Waals surface area contributed by atoms with Gasteiger partial charge in [-0.3, -0.25) is 4.79 Å². The number of rotatable bonds is 3. The fraction of sp³-hybridized carbons (Fsp3) is 0.600. The van der Waals surface area contributed by atoms with Gasteiger partial charge in [-0.1, -0.05) is 31.4 Å². The van der Waals surface area contributed by atoms with Crippen molar-refractivity contribution < 1.29 is 4.79 Å². The predicted molar refractivity (Wildman–Crippen MR) is 82.3 cm³/mol. The van der Waals surface area contributed by atoms with E-state index < -0.39 is 0 Å². The first-order valence-electron chi connectivity index (χ1n) is 7.15. The Bertz CT molecular complexity index is 492. The lowest BCUT2D eigenvalue weighted by Gasteiger charge is -2.36. The van der Waals surface area contributed by atoms with Crippen molar-refractivity contribution in [2.75, 3.05) is 19.4 Å². The summed E-state index contributed by atoms with van der Waals surface area (Å²) in [5.74, 6) is 1.18. The molecule has 2 unspecified atom stereocenters. The summed E-state index contributed by atoms with van der Waals surface area (Å²) in [7, 11) is 3.65. The Hall–Kier alpha value is -1.29. The van der Waals surface area contributed by atoms with Gasteiger partial charge in [0.05, 0.1) is 10.6 Å². The minimum atomic E-state index is -0.0207. The fourth-order valence-electron chi connectivity index (χ4n) is 2.95. The van der Waals surface area contributed by atoms with E-state index >= 15 is 0 Å². The van der Waals surface area contributed by atoms with Crippen LogP contribution in [0.1, 0.15) is 43.0 Å². The molecule has 2 atom stereocenters. The zero-order chi connectivity index (χ0) is 14.7. The average molecular weight is 296 g/mol. The lowest BCUT2D eigenvalue weighted by molar-refractivity contribution is 0.0629. The van der Waals surface area contributed by atoms with Crippen LogP contribution in [0.2, 0.25) is 5.02 Å². The molecule has 5 heteroatoms. The number of amides is 1. The Labute approximate surface area is 125 Å². The van der Waals surface area contributed by atoms with Crippen LogP contribution < -0.4 is 5.32 Å². The van der Waals surface area contributed by atoms with E-state index in [0.29, 0.717) is 28.4 Å². The van der Waals surface area contributed by atoms with Gasteiger partial charge in [-0.05, 0) is 24.8 Å². The fourth-order valence-corrected chi connectivity index (χ4v) is 3.14. The average Bonchev–Trinajstić information content (AvgIpc) is 2.47. The highest BCUT2D eigenvalue weighted by atomic mass is 35.5. The molecule has 0 spiro atoms. The van der Waals surface area contributed by atoms with Crippen LogP contribution in [-0.2, 0) is 0 Å². The van der Waals surface area contributed by atoms with E-state index in [1.165, 1.54) is 25.5 Å². The van der Waals surface area contributed by atoms with Gasteiger partial charge in [0.1, 0.15) is 5.82 Å². The number of nitrogens with one attached hydrogen (secondary N) is 1. The van der Waals surface area contributed by atoms with Gasteiger partial charge >= 0.3 is 0 Å². The van der Waals surface area contributed by atoms with Gasteiger partial charge in [-0.15, -0.1) is 0 Å². The first-order chi connectivity index (χ1) is 9.54. The quantitative estimate of drug-likeness (QED) is 0.929. The monoisotopic (exact) mass is 295 g/mol. The van der Waals surface area contributed by atoms with Crippen molar-refractivity contribution in [2.24, 2.45) is 5.92 Å². The Morgan fingerprint density at radius 3 is 2.80 bits per heavy atom. The second kappa shape index (κ2) is 6.44. The van der Waals surface area contributed by atoms with E-state index in [1.54, 1.807) is 13.1 Å². The number of halogens is 1. The molecule has 20 heavy (non-hydrogen) atoms. The van der Waals surface area contributed by atoms with Crippen molar-refractivity contribution in [3.63, 3.8) is 0 Å². The Morgan fingerprint density at radius 1 is 1.45 bits per heavy atom. The SMILES string of the molecule is CNc1cc(C(=O)N(C)C2CCCCC2C)c(Cl)cn1. The molecule has 0 aromatic carbocycles. The highest BCUT2D eigenvalue weighted by Gasteiger charge is 2.29. The summed E-state index contributed by atoms with van der Waals surface area (Å²) in [6.45, 7) is 2.22. The molecule has 0 aliphatic heterocycles. The second-order valence-electron chi connectivity index (χ2n) is 5.54. The molecule has 1 aliphatic rings. The van der Waals surface area contributed by atoms with Gasteiger partial charge in [-0.25, -0.2) is 4.98 Å². The lowest BCUT2D eigenvalue weighted by Crippen LogP contribution is -2.42. The van der Waals surface area contributed by atoms with Crippen molar-refractivity contribution in [1.82, 2.24) is 9.88 Å². The molecule has 1 fully saturated rings. The first kappa shape index (κ1) is 15.1. The third kappa shape index (κ3) is 3.06. The van der Waals surface area contributed by atoms with E-state index in [2.05, 4.69) is 17.2 Å². The maximum atomic E-state index is 12.7. The Morgan fingerprint density at radius 2 is 2.15 bits per heavy atom. The topological polar surface area (TPSA) is 45.2 Å². The van der Waals surface area contributed by atoms with Crippen LogP contribution in [0, 0.1) is 5.92 Å². The molecule has 1 heterocycles. The molecule has 1 amide bonds. The third-order valence-corrected chi connectivity index (χ3v) is 4.53. The van der Waals surface area contributed by atoms with Crippen LogP contribution >= 0.6 is 11.6 Å². The van der Waals surface area contributed by atoms with E-state index in [9.17, 15) is 4.79 Å². The smallest absolute Gasteiger partial charge is 0.255 e. The normalized spacial score (nSPS) is 22.4. The molecule has 0 radical (unpaired) electrons. The Kier molecular flexibility index (Phi) is 4.86. The molecule has 1 saturated carbocycles. The number of carbonyl (C=O) groups excluding carboxylic acids is 1. The number of aromatic nitrogens is 1. The van der Waals surface area contributed by atoms with E-state index in [4.69, 9.17) is 11.6 Å². The zero-order valence-corrected chi connectivity index (χ0v) is 13.1. The minimum Gasteiger partial charge on any atom is -0.373 e. The van der Waals surface area contributed by atoms with Gasteiger partial charge in [0.2, 0.25) is 0 Å². The van der Waals surface area contributed by atoms with Gasteiger partial charge in [0.25, 0.3) is 5.91 Å². The number of pyridine rings is 1. The van der Waals surface area contributed by atoms with Gasteiger partial charge in [0.15, 0.2) is 0 Å². The van der Waals surface area contributed by atoms with Crippen LogP contribution in [0.4, 0.5) is 5.82 Å². The number of nitrogens with zero attached hydrogens (tertiary/aromatic N) is 2. The molecule has 0 bridgehead atoms. The van der Waals surface area contributed by atoms with Crippen LogP contribution in [0.5, 0.6) is 0 Å². The zero-order valence-electron chi connectivity index (χ0n) is 12.3. The van der Waals surface area contributed by atoms with Crippen molar-refractivity contribution >= 4 is 23.3 Å². The van der Waals surface area contributed by atoms with Crippen LogP contribution in [-0.4, -0.2) is 35.9 Å². The molecule has 0 saturated heterocycles. The summed E-state index contributed by atoms with van der Waals surface area (Å²) in [6, 6.07) is 2.02. The summed E-state index contributed by atoms with van der Waals surface area (Å²) in [6.07, 6.45) is 6.25. The highest BCUT2D eigenvalue weighted by Crippen LogP contribution is 2.29. The van der Waals surface area contributed by atoms with Crippen molar-refractivity contribution in [3.8, 4) is 0 Å². The lowest BCUT2D eigenvalue weighted by atomic mass is 9.85. The summed E-state index contributed by atoms with van der Waals surface area (Å²) in [5, 5.41) is 3.34. The van der Waals surface area contributed by atoms with E-state index in [0.717, 1.165) is 6.42 Å². The predicted octanol–water partition coefficient (Wildman–Crippen LogP) is 3.43. The standard InChI is InChI=1S/C15H22ClN3O/c1-10-6-4-5-7-13(10)19(3)15(20)11-8-14(17-2)18-9-12(11)16/h8-10,13H,4-7H2,1-3H3,(H,17,18). The van der Waals surface area contributed by atoms with Crippen LogP contribution in [0.25, 0.3) is 0 Å². The van der Waals surface area contributed by atoms with Crippen molar-refractivity contribution in [1.29, 1.82) is 0 Å². The molecule has 4 nitrogen and oxygen atoms in total. The maximum Gasteiger partial charge on any atom is 0.255 e. The van der Waals surface area contributed by atoms with Crippen LogP contribution in [0.3, 0.4) is 0 Å². The summed E-state index contributed by atoms with van der Waals surface area (Å²) < 4.78 is 0. The van der Waals surface area contributed by atoms with Crippen LogP contribution in [0.15, 0.2) is 12.3 Å². The number of hydrogen-bond acceptors (Lipinski definition) is 3. The second-order valence-corrected chi connectivity index (χ2v) is 5.95. The summed E-state index contributed by atoms with van der Waals surface area (Å²) >= 11 is 6.13. The number of hydrogen-bond donors (Lipinski definition) is 1.